The summed E-state index contributed by atoms with van der Waals surface area (Å²) in [6, 6.07) is 6.40. The van der Waals surface area contributed by atoms with Gasteiger partial charge in [0.05, 0.1) is 12.8 Å². The van der Waals surface area contributed by atoms with E-state index in [9.17, 15) is 0 Å². The Morgan fingerprint density at radius 1 is 1.35 bits per heavy atom. The van der Waals surface area contributed by atoms with E-state index in [0.717, 1.165) is 54.4 Å². The van der Waals surface area contributed by atoms with Crippen LogP contribution in [0.1, 0.15) is 24.2 Å². The Bertz CT molecular complexity index is 800. The Labute approximate surface area is 134 Å². The van der Waals surface area contributed by atoms with Gasteiger partial charge in [0.2, 0.25) is 5.95 Å². The van der Waals surface area contributed by atoms with E-state index in [1.807, 2.05) is 31.3 Å². The van der Waals surface area contributed by atoms with Crippen molar-refractivity contribution in [2.75, 3.05) is 18.4 Å². The van der Waals surface area contributed by atoms with Gasteiger partial charge in [0.1, 0.15) is 11.3 Å². The number of fused-ring (bicyclic) bond motifs is 1. The monoisotopic (exact) mass is 311 g/mol. The Morgan fingerprint density at radius 2 is 2.22 bits per heavy atom. The van der Waals surface area contributed by atoms with Gasteiger partial charge in [0.25, 0.3) is 0 Å². The summed E-state index contributed by atoms with van der Waals surface area (Å²) in [5.41, 5.74) is 2.98. The zero-order valence-electron chi connectivity index (χ0n) is 13.2. The first-order valence-electron chi connectivity index (χ1n) is 8.13. The third-order valence-electron chi connectivity index (χ3n) is 4.47. The molecule has 0 unspecified atom stereocenters. The van der Waals surface area contributed by atoms with Crippen molar-refractivity contribution in [2.24, 2.45) is 0 Å². The fourth-order valence-corrected chi connectivity index (χ4v) is 3.11. The number of pyridine rings is 1. The fraction of sp³-hybridized carbons (Fsp3) is 0.412. The molecular formula is C17H21N5O. The van der Waals surface area contributed by atoms with Gasteiger partial charge in [0, 0.05) is 17.8 Å². The standard InChI is InChI=1S/C17H21N5O/c1-12-13(6-10-23-12)11-22-16-15(3-2-7-19-16)21-17(22)20-14-4-8-18-9-5-14/h2-3,6-7,10,14,18H,4-5,8-9,11H2,1H3,(H,20,21). The summed E-state index contributed by atoms with van der Waals surface area (Å²) in [6.07, 6.45) is 5.77. The van der Waals surface area contributed by atoms with Gasteiger partial charge in [-0.1, -0.05) is 0 Å². The second kappa shape index (κ2) is 6.04. The van der Waals surface area contributed by atoms with Gasteiger partial charge >= 0.3 is 0 Å². The molecule has 3 aromatic heterocycles. The molecule has 23 heavy (non-hydrogen) atoms. The van der Waals surface area contributed by atoms with E-state index in [2.05, 4.69) is 20.2 Å². The number of imidazole rings is 1. The van der Waals surface area contributed by atoms with E-state index in [1.54, 1.807) is 6.26 Å². The van der Waals surface area contributed by atoms with Crippen LogP contribution >= 0.6 is 0 Å². The molecule has 1 aliphatic rings. The van der Waals surface area contributed by atoms with E-state index >= 15 is 0 Å². The van der Waals surface area contributed by atoms with E-state index in [1.165, 1.54) is 0 Å². The summed E-state index contributed by atoms with van der Waals surface area (Å²) in [5, 5.41) is 7.01. The molecule has 1 fully saturated rings. The van der Waals surface area contributed by atoms with Gasteiger partial charge < -0.3 is 15.1 Å². The zero-order valence-corrected chi connectivity index (χ0v) is 13.2. The molecule has 120 valence electrons. The lowest BCUT2D eigenvalue weighted by atomic mass is 10.1. The molecule has 0 bridgehead atoms. The van der Waals surface area contributed by atoms with Crippen LogP contribution < -0.4 is 10.6 Å². The lowest BCUT2D eigenvalue weighted by Crippen LogP contribution is -2.36. The average Bonchev–Trinajstić information content (AvgIpc) is 3.13. The van der Waals surface area contributed by atoms with Crippen LogP contribution in [0.4, 0.5) is 5.95 Å². The number of nitrogens with zero attached hydrogens (tertiary/aromatic N) is 3. The van der Waals surface area contributed by atoms with Crippen molar-refractivity contribution in [3.05, 3.63) is 42.0 Å². The van der Waals surface area contributed by atoms with Crippen molar-refractivity contribution < 1.29 is 4.42 Å². The molecule has 0 saturated carbocycles. The van der Waals surface area contributed by atoms with E-state index < -0.39 is 0 Å². The van der Waals surface area contributed by atoms with Crippen LogP contribution in [-0.2, 0) is 6.54 Å². The maximum absolute atomic E-state index is 5.43. The number of anilines is 1. The van der Waals surface area contributed by atoms with Crippen LogP contribution in [0.3, 0.4) is 0 Å². The molecule has 0 spiro atoms. The van der Waals surface area contributed by atoms with Crippen molar-refractivity contribution in [2.45, 2.75) is 32.4 Å². The summed E-state index contributed by atoms with van der Waals surface area (Å²) >= 11 is 0. The highest BCUT2D eigenvalue weighted by molar-refractivity contribution is 5.74. The summed E-state index contributed by atoms with van der Waals surface area (Å²) in [6.45, 7) is 4.80. The molecule has 2 N–H and O–H groups in total. The number of aromatic nitrogens is 3. The predicted molar refractivity (Wildman–Crippen MR) is 89.6 cm³/mol. The Kier molecular flexibility index (Phi) is 3.75. The van der Waals surface area contributed by atoms with Crippen molar-refractivity contribution >= 4 is 17.1 Å². The number of aryl methyl sites for hydroxylation is 1. The molecular weight excluding hydrogens is 290 g/mol. The van der Waals surface area contributed by atoms with Gasteiger partial charge in [-0.2, -0.15) is 0 Å². The minimum Gasteiger partial charge on any atom is -0.469 e. The molecule has 3 aromatic rings. The van der Waals surface area contributed by atoms with Crippen LogP contribution in [-0.4, -0.2) is 33.7 Å². The predicted octanol–water partition coefficient (Wildman–Crippen LogP) is 2.54. The molecule has 0 aromatic carbocycles. The first-order chi connectivity index (χ1) is 11.3. The van der Waals surface area contributed by atoms with Gasteiger partial charge in [-0.05, 0) is 51.1 Å². The topological polar surface area (TPSA) is 67.9 Å². The number of hydrogen-bond donors (Lipinski definition) is 2. The highest BCUT2D eigenvalue weighted by atomic mass is 16.3. The average molecular weight is 311 g/mol. The highest BCUT2D eigenvalue weighted by Crippen LogP contribution is 2.22. The molecule has 4 heterocycles. The Balaban J connectivity index is 1.70. The van der Waals surface area contributed by atoms with Crippen molar-refractivity contribution in [1.29, 1.82) is 0 Å². The van der Waals surface area contributed by atoms with Crippen LogP contribution in [0.15, 0.2) is 35.1 Å². The first kappa shape index (κ1) is 14.3. The van der Waals surface area contributed by atoms with Gasteiger partial charge in [0.15, 0.2) is 5.65 Å². The minimum absolute atomic E-state index is 0.456. The first-order valence-corrected chi connectivity index (χ1v) is 8.13. The molecule has 1 aliphatic heterocycles. The largest absolute Gasteiger partial charge is 0.469 e. The van der Waals surface area contributed by atoms with Gasteiger partial charge in [-0.25, -0.2) is 9.97 Å². The van der Waals surface area contributed by atoms with Gasteiger partial charge in [-0.3, -0.25) is 4.57 Å². The Morgan fingerprint density at radius 3 is 3.00 bits per heavy atom. The fourth-order valence-electron chi connectivity index (χ4n) is 3.11. The summed E-state index contributed by atoms with van der Waals surface area (Å²) in [5.74, 6) is 1.83. The molecule has 0 aliphatic carbocycles. The summed E-state index contributed by atoms with van der Waals surface area (Å²) < 4.78 is 7.58. The van der Waals surface area contributed by atoms with Crippen LogP contribution in [0.2, 0.25) is 0 Å². The molecule has 4 rings (SSSR count). The van der Waals surface area contributed by atoms with Gasteiger partial charge in [-0.15, -0.1) is 0 Å². The third kappa shape index (κ3) is 2.82. The van der Waals surface area contributed by atoms with Crippen LogP contribution in [0.25, 0.3) is 11.2 Å². The van der Waals surface area contributed by atoms with Crippen molar-refractivity contribution in [1.82, 2.24) is 19.9 Å². The number of hydrogen-bond acceptors (Lipinski definition) is 5. The maximum Gasteiger partial charge on any atom is 0.205 e. The van der Waals surface area contributed by atoms with Crippen molar-refractivity contribution in [3.63, 3.8) is 0 Å². The number of nitrogens with one attached hydrogen (secondary N) is 2. The van der Waals surface area contributed by atoms with Crippen LogP contribution in [0, 0.1) is 6.92 Å². The second-order valence-corrected chi connectivity index (χ2v) is 6.04. The second-order valence-electron chi connectivity index (χ2n) is 6.04. The molecule has 1 saturated heterocycles. The molecule has 6 nitrogen and oxygen atoms in total. The number of furan rings is 1. The number of piperidine rings is 1. The van der Waals surface area contributed by atoms with E-state index in [-0.39, 0.29) is 0 Å². The summed E-state index contributed by atoms with van der Waals surface area (Å²) in [4.78, 5) is 9.28. The molecule has 6 heteroatoms. The van der Waals surface area contributed by atoms with Crippen molar-refractivity contribution in [3.8, 4) is 0 Å². The molecule has 0 radical (unpaired) electrons. The quantitative estimate of drug-likeness (QED) is 0.775. The van der Waals surface area contributed by atoms with Crippen LogP contribution in [0.5, 0.6) is 0 Å². The third-order valence-corrected chi connectivity index (χ3v) is 4.47. The van der Waals surface area contributed by atoms with E-state index in [4.69, 9.17) is 9.40 Å². The number of rotatable bonds is 4. The van der Waals surface area contributed by atoms with E-state index in [0.29, 0.717) is 12.6 Å². The smallest absolute Gasteiger partial charge is 0.205 e. The lowest BCUT2D eigenvalue weighted by Gasteiger charge is -2.24. The zero-order chi connectivity index (χ0) is 15.6. The lowest BCUT2D eigenvalue weighted by molar-refractivity contribution is 0.475. The molecule has 0 amide bonds. The summed E-state index contributed by atoms with van der Waals surface area (Å²) in [7, 11) is 0. The molecule has 0 atom stereocenters. The highest BCUT2D eigenvalue weighted by Gasteiger charge is 2.18. The minimum atomic E-state index is 0.456. The Hall–Kier alpha value is -2.34. The maximum atomic E-state index is 5.43. The SMILES string of the molecule is Cc1occc1Cn1c(NC2CCNCC2)nc2cccnc21. The normalized spacial score (nSPS) is 16.0.